The smallest absolute Gasteiger partial charge is 0.305 e. The molecule has 0 aliphatic carbocycles. The molecule has 2 aromatic carbocycles. The van der Waals surface area contributed by atoms with Crippen molar-refractivity contribution < 1.29 is 38.1 Å². The Bertz CT molecular complexity index is 1430. The van der Waals surface area contributed by atoms with Crippen LogP contribution in [0, 0.1) is 6.92 Å². The quantitative estimate of drug-likeness (QED) is 0.175. The van der Waals surface area contributed by atoms with Crippen LogP contribution in [0.5, 0.6) is 0 Å². The van der Waals surface area contributed by atoms with Gasteiger partial charge in [-0.1, -0.05) is 42.5 Å². The number of aldehydes is 1. The van der Waals surface area contributed by atoms with Crippen molar-refractivity contribution in [1.82, 2.24) is 0 Å². The molecule has 1 saturated heterocycles. The van der Waals surface area contributed by atoms with Crippen molar-refractivity contribution in [3.63, 3.8) is 0 Å². The van der Waals surface area contributed by atoms with Gasteiger partial charge in [-0.05, 0) is 42.0 Å². The number of carbonyl (C=O) groups is 4. The number of thioether (sulfide) groups is 1. The van der Waals surface area contributed by atoms with Crippen LogP contribution < -0.4 is 0 Å². The summed E-state index contributed by atoms with van der Waals surface area (Å²) in [6, 6.07) is 17.6. The highest BCUT2D eigenvalue weighted by atomic mass is 32.2. The van der Waals surface area contributed by atoms with E-state index in [2.05, 4.69) is 6.07 Å². The van der Waals surface area contributed by atoms with Crippen LogP contribution in [0.15, 0.2) is 54.6 Å². The zero-order valence-corrected chi connectivity index (χ0v) is 25.1. The lowest BCUT2D eigenvalue weighted by atomic mass is 9.92. The molecule has 10 heteroatoms. The van der Waals surface area contributed by atoms with Gasteiger partial charge in [-0.3, -0.25) is 19.2 Å². The normalized spacial score (nSPS) is 22.0. The molecule has 3 aromatic rings. The van der Waals surface area contributed by atoms with Crippen LogP contribution in [0.2, 0.25) is 0 Å². The lowest BCUT2D eigenvalue weighted by molar-refractivity contribution is -0.266. The molecule has 216 valence electrons. The van der Waals surface area contributed by atoms with E-state index in [4.69, 9.17) is 18.9 Å². The summed E-state index contributed by atoms with van der Waals surface area (Å²) in [4.78, 5) is 49.6. The second kappa shape index (κ2) is 13.5. The second-order valence-electron chi connectivity index (χ2n) is 9.72. The molecule has 0 bridgehead atoms. The number of rotatable bonds is 9. The first kappa shape index (κ1) is 30.5. The third-order valence-corrected chi connectivity index (χ3v) is 8.91. The van der Waals surface area contributed by atoms with Crippen molar-refractivity contribution in [3.05, 3.63) is 81.7 Å². The molecule has 1 aliphatic rings. The van der Waals surface area contributed by atoms with Crippen LogP contribution in [0.3, 0.4) is 0 Å². The van der Waals surface area contributed by atoms with E-state index < -0.39 is 47.8 Å². The van der Waals surface area contributed by atoms with Crippen LogP contribution in [0.1, 0.15) is 58.8 Å². The van der Waals surface area contributed by atoms with Crippen LogP contribution >= 0.6 is 23.1 Å². The highest BCUT2D eigenvalue weighted by Crippen LogP contribution is 2.42. The Morgan fingerprint density at radius 2 is 1.61 bits per heavy atom. The zero-order valence-electron chi connectivity index (χ0n) is 23.4. The molecule has 0 spiro atoms. The number of carbonyl (C=O) groups excluding carboxylic acids is 4. The summed E-state index contributed by atoms with van der Waals surface area (Å²) in [5, 5.41) is -0.459. The van der Waals surface area contributed by atoms with E-state index >= 15 is 0 Å². The van der Waals surface area contributed by atoms with Crippen molar-refractivity contribution >= 4 is 47.3 Å². The monoisotopic (exact) mass is 596 g/mol. The van der Waals surface area contributed by atoms with E-state index in [1.807, 2.05) is 55.6 Å². The fourth-order valence-electron chi connectivity index (χ4n) is 4.93. The lowest BCUT2D eigenvalue weighted by Gasteiger charge is -2.44. The summed E-state index contributed by atoms with van der Waals surface area (Å²) in [7, 11) is 0. The van der Waals surface area contributed by atoms with E-state index in [1.54, 1.807) is 17.4 Å². The average molecular weight is 597 g/mol. The molecule has 2 heterocycles. The first-order valence-electron chi connectivity index (χ1n) is 13.0. The SMILES string of the molecule is CS[C@H]1C(c2ccc(C)c(Cc3ccc(-c4ccccc4C=O)s3)c2)O[C@H](OC(C)=O)[C@@H](OC(C)=O)[C@@H]1OC(C)=O. The fraction of sp³-hybridized carbons (Fsp3) is 0.355. The number of aryl methyl sites for hydroxylation is 1. The number of benzene rings is 2. The molecular formula is C31H32O8S2. The summed E-state index contributed by atoms with van der Waals surface area (Å²) in [5.41, 5.74) is 4.51. The number of esters is 3. The van der Waals surface area contributed by atoms with Gasteiger partial charge in [0.1, 0.15) is 6.10 Å². The van der Waals surface area contributed by atoms with Crippen LogP contribution in [0.25, 0.3) is 10.4 Å². The van der Waals surface area contributed by atoms with Gasteiger partial charge in [0.2, 0.25) is 12.4 Å². The molecule has 1 aliphatic heterocycles. The Labute approximate surface area is 247 Å². The molecule has 1 aromatic heterocycles. The maximum atomic E-state index is 12.1. The van der Waals surface area contributed by atoms with Gasteiger partial charge in [-0.15, -0.1) is 11.3 Å². The topological polar surface area (TPSA) is 105 Å². The largest absolute Gasteiger partial charge is 0.457 e. The third-order valence-electron chi connectivity index (χ3n) is 6.73. The highest BCUT2D eigenvalue weighted by Gasteiger charge is 2.51. The Hall–Kier alpha value is -3.47. The fourth-order valence-corrected chi connectivity index (χ4v) is 6.95. The van der Waals surface area contributed by atoms with Crippen molar-refractivity contribution in [2.24, 2.45) is 0 Å². The van der Waals surface area contributed by atoms with Gasteiger partial charge in [0.15, 0.2) is 12.4 Å². The number of thiophene rings is 1. The van der Waals surface area contributed by atoms with E-state index in [1.165, 1.54) is 32.5 Å². The van der Waals surface area contributed by atoms with Crippen molar-refractivity contribution in [2.45, 2.75) is 64.0 Å². The number of hydrogen-bond acceptors (Lipinski definition) is 10. The summed E-state index contributed by atoms with van der Waals surface area (Å²) < 4.78 is 22.8. The molecule has 0 saturated carbocycles. The lowest BCUT2D eigenvalue weighted by Crippen LogP contribution is -2.57. The van der Waals surface area contributed by atoms with Crippen molar-refractivity contribution in [3.8, 4) is 10.4 Å². The number of ether oxygens (including phenoxy) is 4. The standard InChI is InChI=1S/C31H32O8S2/c1-17-10-11-21(14-23(17)15-24-12-13-26(41-24)25-9-7-6-8-22(25)16-32)27-30(40-5)28(36-18(2)33)29(37-19(3)34)31(39-27)38-20(4)35/h6-14,16,27-31H,15H2,1-5H3/t27?,28-,29-,30-,31-/m0/s1. The molecule has 8 nitrogen and oxygen atoms in total. The minimum Gasteiger partial charge on any atom is -0.457 e. The summed E-state index contributed by atoms with van der Waals surface area (Å²) in [5.74, 6) is -1.79. The van der Waals surface area contributed by atoms with Gasteiger partial charge in [0.25, 0.3) is 0 Å². The molecule has 1 unspecified atom stereocenters. The van der Waals surface area contributed by atoms with Gasteiger partial charge >= 0.3 is 17.9 Å². The molecule has 0 radical (unpaired) electrons. The Balaban J connectivity index is 1.67. The first-order chi connectivity index (χ1) is 19.6. The Morgan fingerprint density at radius 1 is 0.927 bits per heavy atom. The molecule has 1 fully saturated rings. The van der Waals surface area contributed by atoms with Gasteiger partial charge < -0.3 is 18.9 Å². The summed E-state index contributed by atoms with van der Waals surface area (Å²) >= 11 is 3.04. The summed E-state index contributed by atoms with van der Waals surface area (Å²) in [6.07, 6.45) is -0.573. The number of hydrogen-bond donors (Lipinski definition) is 0. The van der Waals surface area contributed by atoms with E-state index in [-0.39, 0.29) is 0 Å². The molecule has 4 rings (SSSR count). The van der Waals surface area contributed by atoms with Crippen molar-refractivity contribution in [1.29, 1.82) is 0 Å². The van der Waals surface area contributed by atoms with Gasteiger partial charge in [0, 0.05) is 48.1 Å². The van der Waals surface area contributed by atoms with Crippen LogP contribution in [-0.4, -0.2) is 54.2 Å². The Morgan fingerprint density at radius 3 is 2.27 bits per heavy atom. The third kappa shape index (κ3) is 7.25. The minimum absolute atomic E-state index is 0.459. The second-order valence-corrected chi connectivity index (χ2v) is 11.9. The molecular weight excluding hydrogens is 564 g/mol. The predicted octanol–water partition coefficient (Wildman–Crippen LogP) is 5.68. The van der Waals surface area contributed by atoms with E-state index in [0.717, 1.165) is 38.3 Å². The first-order valence-corrected chi connectivity index (χ1v) is 15.1. The maximum absolute atomic E-state index is 12.1. The predicted molar refractivity (Wildman–Crippen MR) is 157 cm³/mol. The highest BCUT2D eigenvalue weighted by molar-refractivity contribution is 7.99. The molecule has 41 heavy (non-hydrogen) atoms. The Kier molecular flexibility index (Phi) is 10.0. The van der Waals surface area contributed by atoms with Crippen LogP contribution in [-0.2, 0) is 39.8 Å². The van der Waals surface area contributed by atoms with Crippen molar-refractivity contribution in [2.75, 3.05) is 6.26 Å². The van der Waals surface area contributed by atoms with Crippen LogP contribution in [0.4, 0.5) is 0 Å². The van der Waals surface area contributed by atoms with E-state index in [9.17, 15) is 19.2 Å². The van der Waals surface area contributed by atoms with Gasteiger partial charge in [0.05, 0.1) is 5.25 Å². The maximum Gasteiger partial charge on any atom is 0.305 e. The molecule has 5 atom stereocenters. The average Bonchev–Trinajstić information content (AvgIpc) is 3.39. The van der Waals surface area contributed by atoms with Gasteiger partial charge in [-0.25, -0.2) is 0 Å². The summed E-state index contributed by atoms with van der Waals surface area (Å²) in [6.45, 7) is 5.77. The minimum atomic E-state index is -1.27. The molecule has 0 amide bonds. The van der Waals surface area contributed by atoms with Gasteiger partial charge in [-0.2, -0.15) is 11.8 Å². The van der Waals surface area contributed by atoms with E-state index in [0.29, 0.717) is 12.0 Å². The zero-order chi connectivity index (χ0) is 29.7. The molecule has 0 N–H and O–H groups in total.